The van der Waals surface area contributed by atoms with E-state index in [0.717, 1.165) is 12.8 Å². The molecule has 1 aliphatic rings. The minimum Gasteiger partial charge on any atom is -0.280 e. The summed E-state index contributed by atoms with van der Waals surface area (Å²) >= 11 is 10.3. The zero-order valence-electron chi connectivity index (χ0n) is 5.14. The summed E-state index contributed by atoms with van der Waals surface area (Å²) in [5, 5.41) is -1.25. The van der Waals surface area contributed by atoms with Crippen molar-refractivity contribution in [1.29, 1.82) is 0 Å². The van der Waals surface area contributed by atoms with Gasteiger partial charge in [0, 0.05) is 0 Å². The highest BCUT2D eigenvalue weighted by atomic mass is 35.5. The Morgan fingerprint density at radius 3 is 1.70 bits per heavy atom. The van der Waals surface area contributed by atoms with Gasteiger partial charge in [0.25, 0.3) is 0 Å². The Morgan fingerprint density at radius 2 is 1.60 bits per heavy atom. The molecule has 1 aliphatic carbocycles. The first kappa shape index (κ1) is 8.02. The highest BCUT2D eigenvalue weighted by Crippen LogP contribution is 2.38. The van der Waals surface area contributed by atoms with Gasteiger partial charge in [0.05, 0.1) is 0 Å². The van der Waals surface area contributed by atoms with Gasteiger partial charge in [-0.2, -0.15) is 0 Å². The predicted octanol–water partition coefficient (Wildman–Crippen LogP) is 1.54. The molecule has 0 saturated heterocycles. The van der Waals surface area contributed by atoms with E-state index < -0.39 is 16.4 Å². The lowest BCUT2D eigenvalue weighted by molar-refractivity contribution is -0.124. The van der Waals surface area contributed by atoms with E-state index in [1.165, 1.54) is 0 Å². The van der Waals surface area contributed by atoms with E-state index in [0.29, 0.717) is 0 Å². The highest BCUT2D eigenvalue weighted by molar-refractivity contribution is 6.73. The lowest BCUT2D eigenvalue weighted by Crippen LogP contribution is -2.17. The van der Waals surface area contributed by atoms with Gasteiger partial charge in [-0.15, -0.1) is 0 Å². The van der Waals surface area contributed by atoms with E-state index in [1.54, 1.807) is 0 Å². The van der Waals surface area contributed by atoms with Gasteiger partial charge in [-0.05, 0) is 42.0 Å². The van der Waals surface area contributed by atoms with E-state index in [2.05, 4.69) is 0 Å². The topological polar surface area (TPSA) is 34.1 Å². The molecule has 2 nitrogen and oxygen atoms in total. The van der Waals surface area contributed by atoms with Gasteiger partial charge in [0.2, 0.25) is 10.5 Å². The van der Waals surface area contributed by atoms with E-state index in [4.69, 9.17) is 23.2 Å². The minimum absolute atomic E-state index is 0.120. The fraction of sp³-hybridized carbons (Fsp3) is 0.667. The van der Waals surface area contributed by atoms with Crippen LogP contribution in [0.2, 0.25) is 0 Å². The lowest BCUT2D eigenvalue weighted by atomic mass is 10.1. The average Bonchev–Trinajstić information content (AvgIpc) is 2.46. The molecule has 1 rings (SSSR count). The molecule has 10 heavy (non-hydrogen) atoms. The summed E-state index contributed by atoms with van der Waals surface area (Å²) < 4.78 is 0. The van der Waals surface area contributed by atoms with E-state index in [9.17, 15) is 9.59 Å². The smallest absolute Gasteiger partial charge is 0.233 e. The van der Waals surface area contributed by atoms with E-state index in [-0.39, 0.29) is 5.92 Å². The van der Waals surface area contributed by atoms with E-state index in [1.807, 2.05) is 0 Å². The van der Waals surface area contributed by atoms with Crippen molar-refractivity contribution in [1.82, 2.24) is 0 Å². The van der Waals surface area contributed by atoms with Crippen LogP contribution in [0.15, 0.2) is 0 Å². The van der Waals surface area contributed by atoms with Crippen molar-refractivity contribution < 1.29 is 9.59 Å². The fourth-order valence-electron chi connectivity index (χ4n) is 0.889. The molecule has 0 amide bonds. The standard InChI is InChI=1S/C6H6Cl2O2/c7-5(9)4(6(8)10)3-1-2-3/h3-4H,1-2H2. The second kappa shape index (κ2) is 2.89. The van der Waals surface area contributed by atoms with Crippen LogP contribution in [0.25, 0.3) is 0 Å². The maximum absolute atomic E-state index is 10.5. The van der Waals surface area contributed by atoms with Crippen LogP contribution in [0.3, 0.4) is 0 Å². The zero-order valence-corrected chi connectivity index (χ0v) is 6.65. The Kier molecular flexibility index (Phi) is 2.32. The van der Waals surface area contributed by atoms with Crippen molar-refractivity contribution in [2.75, 3.05) is 0 Å². The van der Waals surface area contributed by atoms with Crippen molar-refractivity contribution in [3.8, 4) is 0 Å². The predicted molar refractivity (Wildman–Crippen MR) is 37.9 cm³/mol. The third kappa shape index (κ3) is 1.70. The van der Waals surface area contributed by atoms with Crippen LogP contribution >= 0.6 is 23.2 Å². The van der Waals surface area contributed by atoms with Crippen LogP contribution in [0.4, 0.5) is 0 Å². The summed E-state index contributed by atoms with van der Waals surface area (Å²) in [6.45, 7) is 0. The zero-order chi connectivity index (χ0) is 7.72. The molecule has 0 heterocycles. The molecule has 56 valence electrons. The van der Waals surface area contributed by atoms with Crippen LogP contribution in [0, 0.1) is 11.8 Å². The maximum atomic E-state index is 10.5. The van der Waals surface area contributed by atoms with Crippen molar-refractivity contribution in [3.63, 3.8) is 0 Å². The molecule has 0 N–H and O–H groups in total. The minimum atomic E-state index is -0.747. The third-order valence-electron chi connectivity index (χ3n) is 1.58. The Bertz CT molecular complexity index is 161. The molecule has 0 spiro atoms. The molecule has 1 fully saturated rings. The first-order chi connectivity index (χ1) is 4.63. The largest absolute Gasteiger partial charge is 0.280 e. The number of hydrogen-bond donors (Lipinski definition) is 0. The van der Waals surface area contributed by atoms with Crippen molar-refractivity contribution in [2.45, 2.75) is 12.8 Å². The van der Waals surface area contributed by atoms with Crippen molar-refractivity contribution >= 4 is 33.7 Å². The van der Waals surface area contributed by atoms with Gasteiger partial charge in [0.1, 0.15) is 5.92 Å². The summed E-state index contributed by atoms with van der Waals surface area (Å²) in [5.41, 5.74) is 0. The summed E-state index contributed by atoms with van der Waals surface area (Å²) in [7, 11) is 0. The van der Waals surface area contributed by atoms with Gasteiger partial charge in [-0.3, -0.25) is 9.59 Å². The van der Waals surface area contributed by atoms with Gasteiger partial charge >= 0.3 is 0 Å². The molecule has 0 aromatic rings. The molecule has 0 aromatic heterocycles. The maximum Gasteiger partial charge on any atom is 0.233 e. The third-order valence-corrected chi connectivity index (χ3v) is 2.05. The summed E-state index contributed by atoms with van der Waals surface area (Å²) in [6, 6.07) is 0. The Balaban J connectivity index is 2.58. The van der Waals surface area contributed by atoms with Crippen molar-refractivity contribution in [3.05, 3.63) is 0 Å². The second-order valence-electron chi connectivity index (χ2n) is 2.42. The second-order valence-corrected chi connectivity index (χ2v) is 3.17. The highest BCUT2D eigenvalue weighted by Gasteiger charge is 2.39. The SMILES string of the molecule is O=C(Cl)C(C(=O)Cl)C1CC1. The van der Waals surface area contributed by atoms with Gasteiger partial charge in [-0.1, -0.05) is 0 Å². The molecule has 0 bridgehead atoms. The molecule has 0 aliphatic heterocycles. The van der Waals surface area contributed by atoms with Gasteiger partial charge in [-0.25, -0.2) is 0 Å². The molecule has 0 unspecified atom stereocenters. The quantitative estimate of drug-likeness (QED) is 0.488. The molecule has 1 saturated carbocycles. The van der Waals surface area contributed by atoms with Gasteiger partial charge < -0.3 is 0 Å². The van der Waals surface area contributed by atoms with E-state index >= 15 is 0 Å². The number of rotatable bonds is 3. The summed E-state index contributed by atoms with van der Waals surface area (Å²) in [6.07, 6.45) is 1.78. The number of halogens is 2. The van der Waals surface area contributed by atoms with Crippen LogP contribution in [-0.4, -0.2) is 10.5 Å². The van der Waals surface area contributed by atoms with Crippen LogP contribution in [-0.2, 0) is 9.59 Å². The first-order valence-corrected chi connectivity index (χ1v) is 3.77. The molecular formula is C6H6Cl2O2. The Labute approximate surface area is 68.5 Å². The van der Waals surface area contributed by atoms with Crippen LogP contribution in [0.5, 0.6) is 0 Å². The van der Waals surface area contributed by atoms with Crippen LogP contribution < -0.4 is 0 Å². The Hall–Kier alpha value is -0.0800. The fourth-order valence-corrected chi connectivity index (χ4v) is 1.50. The normalized spacial score (nSPS) is 17.5. The summed E-state index contributed by atoms with van der Waals surface area (Å²) in [5.74, 6) is -0.627. The summed E-state index contributed by atoms with van der Waals surface area (Å²) in [4.78, 5) is 21.1. The van der Waals surface area contributed by atoms with Crippen LogP contribution in [0.1, 0.15) is 12.8 Å². The lowest BCUT2D eigenvalue weighted by Gasteiger charge is -2.02. The Morgan fingerprint density at radius 1 is 1.20 bits per heavy atom. The number of carbonyl (C=O) groups is 2. The van der Waals surface area contributed by atoms with Crippen molar-refractivity contribution in [2.24, 2.45) is 11.8 Å². The first-order valence-electron chi connectivity index (χ1n) is 3.01. The molecule has 0 aromatic carbocycles. The number of carbonyl (C=O) groups excluding carboxylic acids is 2. The molecule has 0 atom stereocenters. The average molecular weight is 181 g/mol. The molecule has 0 radical (unpaired) electrons. The molecule has 4 heteroatoms. The number of hydrogen-bond acceptors (Lipinski definition) is 2. The molecular weight excluding hydrogens is 175 g/mol. The van der Waals surface area contributed by atoms with Gasteiger partial charge in [0.15, 0.2) is 0 Å². The monoisotopic (exact) mass is 180 g/mol.